The van der Waals surface area contributed by atoms with Gasteiger partial charge in [-0.05, 0) is 37.3 Å². The van der Waals surface area contributed by atoms with E-state index in [1.54, 1.807) is 0 Å². The lowest BCUT2D eigenvalue weighted by atomic mass is 9.80. The molecule has 0 bridgehead atoms. The van der Waals surface area contributed by atoms with Gasteiger partial charge in [0.2, 0.25) is 8.32 Å². The second kappa shape index (κ2) is 6.28. The van der Waals surface area contributed by atoms with Gasteiger partial charge in [-0.3, -0.25) is 0 Å². The molecule has 1 atom stereocenters. The number of rotatable bonds is 3. The summed E-state index contributed by atoms with van der Waals surface area (Å²) >= 11 is 0. The van der Waals surface area contributed by atoms with E-state index in [0.29, 0.717) is 6.61 Å². The molecule has 2 rings (SSSR count). The largest absolute Gasteiger partial charge is 0.544 e. The van der Waals surface area contributed by atoms with E-state index in [1.807, 2.05) is 24.3 Å². The Bertz CT molecular complexity index is 497. The smallest absolute Gasteiger partial charge is 0.407 e. The van der Waals surface area contributed by atoms with Gasteiger partial charge in [-0.1, -0.05) is 26.0 Å². The van der Waals surface area contributed by atoms with E-state index in [4.69, 9.17) is 9.16 Å². The number of hydrogen-bond donors (Lipinski definition) is 1. The van der Waals surface area contributed by atoms with Gasteiger partial charge in [-0.15, -0.1) is 12.4 Å². The Kier molecular flexibility index (Phi) is 5.33. The SMILES string of the molecule is CC1(C)COC(=O)N[C@H]1c1ccc(O[Si](C)(C)C)cc1.Cl. The van der Waals surface area contributed by atoms with Crippen LogP contribution in [0, 0.1) is 5.41 Å². The van der Waals surface area contributed by atoms with Gasteiger partial charge in [0, 0.05) is 5.41 Å². The Labute approximate surface area is 133 Å². The molecule has 0 saturated carbocycles. The fraction of sp³-hybridized carbons (Fsp3) is 0.533. The van der Waals surface area contributed by atoms with Crippen molar-refractivity contribution in [2.45, 2.75) is 39.5 Å². The van der Waals surface area contributed by atoms with Crippen molar-refractivity contribution in [1.82, 2.24) is 5.32 Å². The van der Waals surface area contributed by atoms with Crippen LogP contribution in [0.5, 0.6) is 5.75 Å². The highest BCUT2D eigenvalue weighted by Crippen LogP contribution is 2.36. The molecule has 1 saturated heterocycles. The van der Waals surface area contributed by atoms with Crippen molar-refractivity contribution < 1.29 is 14.0 Å². The van der Waals surface area contributed by atoms with Crippen molar-refractivity contribution in [3.05, 3.63) is 29.8 Å². The van der Waals surface area contributed by atoms with Gasteiger partial charge in [0.05, 0.1) is 6.04 Å². The molecule has 118 valence electrons. The summed E-state index contributed by atoms with van der Waals surface area (Å²) in [5.41, 5.74) is 0.948. The van der Waals surface area contributed by atoms with E-state index >= 15 is 0 Å². The number of benzene rings is 1. The summed E-state index contributed by atoms with van der Waals surface area (Å²) in [5, 5.41) is 2.90. The molecular weight excluding hydrogens is 306 g/mol. The first-order valence-electron chi connectivity index (χ1n) is 6.90. The fourth-order valence-electron chi connectivity index (χ4n) is 2.31. The van der Waals surface area contributed by atoms with Gasteiger partial charge in [0.1, 0.15) is 12.4 Å². The van der Waals surface area contributed by atoms with Crippen molar-refractivity contribution in [2.24, 2.45) is 5.41 Å². The summed E-state index contributed by atoms with van der Waals surface area (Å²) in [6, 6.07) is 7.96. The molecule has 1 aliphatic heterocycles. The Morgan fingerprint density at radius 2 is 1.81 bits per heavy atom. The van der Waals surface area contributed by atoms with Crippen LogP contribution in [0.3, 0.4) is 0 Å². The number of carbonyl (C=O) groups is 1. The summed E-state index contributed by atoms with van der Waals surface area (Å²) in [6.45, 7) is 11.1. The molecule has 4 nitrogen and oxygen atoms in total. The number of carbonyl (C=O) groups excluding carboxylic acids is 1. The number of ether oxygens (including phenoxy) is 1. The Morgan fingerprint density at radius 1 is 1.24 bits per heavy atom. The zero-order valence-corrected chi connectivity index (χ0v) is 15.0. The molecule has 6 heteroatoms. The minimum Gasteiger partial charge on any atom is -0.544 e. The predicted octanol–water partition coefficient (Wildman–Crippen LogP) is 4.13. The first-order valence-corrected chi connectivity index (χ1v) is 10.3. The van der Waals surface area contributed by atoms with Crippen LogP contribution in [-0.4, -0.2) is 21.0 Å². The average molecular weight is 330 g/mol. The van der Waals surface area contributed by atoms with E-state index < -0.39 is 8.32 Å². The lowest BCUT2D eigenvalue weighted by molar-refractivity contribution is 0.0387. The van der Waals surface area contributed by atoms with Crippen LogP contribution in [0.2, 0.25) is 19.6 Å². The fourth-order valence-corrected chi connectivity index (χ4v) is 3.15. The molecule has 1 aliphatic rings. The molecule has 0 aliphatic carbocycles. The van der Waals surface area contributed by atoms with Crippen molar-refractivity contribution >= 4 is 26.8 Å². The Morgan fingerprint density at radius 3 is 2.33 bits per heavy atom. The molecule has 0 spiro atoms. The van der Waals surface area contributed by atoms with Crippen LogP contribution in [0.1, 0.15) is 25.5 Å². The third-order valence-electron chi connectivity index (χ3n) is 3.26. The molecule has 0 aromatic heterocycles. The van der Waals surface area contributed by atoms with Crippen molar-refractivity contribution in [2.75, 3.05) is 6.61 Å². The van der Waals surface area contributed by atoms with Gasteiger partial charge in [0.25, 0.3) is 0 Å². The van der Waals surface area contributed by atoms with Crippen LogP contribution >= 0.6 is 12.4 Å². The van der Waals surface area contributed by atoms with Gasteiger partial charge in [0.15, 0.2) is 0 Å². The van der Waals surface area contributed by atoms with Gasteiger partial charge in [-0.2, -0.15) is 0 Å². The molecule has 1 heterocycles. The van der Waals surface area contributed by atoms with E-state index in [0.717, 1.165) is 11.3 Å². The number of alkyl carbamates (subject to hydrolysis) is 1. The second-order valence-electron chi connectivity index (χ2n) is 6.93. The minimum absolute atomic E-state index is 0. The van der Waals surface area contributed by atoms with Crippen LogP contribution in [0.15, 0.2) is 24.3 Å². The monoisotopic (exact) mass is 329 g/mol. The lowest BCUT2D eigenvalue weighted by Crippen LogP contribution is -2.46. The standard InChI is InChI=1S/C15H23NO3Si.ClH/c1-15(2)10-18-14(17)16-13(15)11-6-8-12(9-7-11)19-20(3,4)5;/h6-9,13H,10H2,1-5H3,(H,16,17);1H/t13-;/m0./s1. The molecule has 1 aromatic carbocycles. The normalized spacial score (nSPS) is 20.8. The highest BCUT2D eigenvalue weighted by atomic mass is 35.5. The highest BCUT2D eigenvalue weighted by Gasteiger charge is 2.37. The van der Waals surface area contributed by atoms with Crippen molar-refractivity contribution in [3.63, 3.8) is 0 Å². The van der Waals surface area contributed by atoms with Gasteiger partial charge in [-0.25, -0.2) is 4.79 Å². The van der Waals surface area contributed by atoms with Crippen LogP contribution in [-0.2, 0) is 4.74 Å². The van der Waals surface area contributed by atoms with E-state index in [2.05, 4.69) is 38.8 Å². The van der Waals surface area contributed by atoms with Crippen molar-refractivity contribution in [1.29, 1.82) is 0 Å². The number of hydrogen-bond acceptors (Lipinski definition) is 3. The quantitative estimate of drug-likeness (QED) is 0.848. The third kappa shape index (κ3) is 4.64. The summed E-state index contributed by atoms with van der Waals surface area (Å²) in [5.74, 6) is 0.893. The topological polar surface area (TPSA) is 47.6 Å². The summed E-state index contributed by atoms with van der Waals surface area (Å²) < 4.78 is 11.0. The van der Waals surface area contributed by atoms with Crippen LogP contribution in [0.25, 0.3) is 0 Å². The molecule has 1 amide bonds. The summed E-state index contributed by atoms with van der Waals surface area (Å²) in [4.78, 5) is 11.4. The number of cyclic esters (lactones) is 1. The molecule has 1 N–H and O–H groups in total. The molecule has 1 aromatic rings. The van der Waals surface area contributed by atoms with E-state index in [-0.39, 0.29) is 30.0 Å². The maximum Gasteiger partial charge on any atom is 0.407 e. The maximum atomic E-state index is 11.4. The maximum absolute atomic E-state index is 11.4. The van der Waals surface area contributed by atoms with Crippen molar-refractivity contribution in [3.8, 4) is 5.75 Å². The Balaban J connectivity index is 0.00000220. The van der Waals surface area contributed by atoms with E-state index in [9.17, 15) is 4.79 Å². The number of amides is 1. The third-order valence-corrected chi connectivity index (χ3v) is 4.10. The molecule has 0 radical (unpaired) electrons. The highest BCUT2D eigenvalue weighted by molar-refractivity contribution is 6.70. The summed E-state index contributed by atoms with van der Waals surface area (Å²) in [7, 11) is -1.58. The second-order valence-corrected chi connectivity index (χ2v) is 11.4. The lowest BCUT2D eigenvalue weighted by Gasteiger charge is -2.38. The molecular formula is C15H24ClNO3Si. The van der Waals surface area contributed by atoms with Gasteiger partial charge >= 0.3 is 6.09 Å². The van der Waals surface area contributed by atoms with Crippen LogP contribution < -0.4 is 9.74 Å². The minimum atomic E-state index is -1.58. The Hall–Kier alpha value is -1.20. The number of nitrogens with one attached hydrogen (secondary N) is 1. The first kappa shape index (κ1) is 17.8. The van der Waals surface area contributed by atoms with Gasteiger partial charge < -0.3 is 14.5 Å². The van der Waals surface area contributed by atoms with Crippen LogP contribution in [0.4, 0.5) is 4.79 Å². The molecule has 1 fully saturated rings. The zero-order chi connectivity index (χ0) is 15.0. The predicted molar refractivity (Wildman–Crippen MR) is 88.7 cm³/mol. The first-order chi connectivity index (χ1) is 9.17. The molecule has 21 heavy (non-hydrogen) atoms. The number of halogens is 1. The summed E-state index contributed by atoms with van der Waals surface area (Å²) in [6.07, 6.45) is -0.350. The average Bonchev–Trinajstić information content (AvgIpc) is 2.32. The zero-order valence-electron chi connectivity index (χ0n) is 13.2. The molecule has 0 unspecified atom stereocenters. The van der Waals surface area contributed by atoms with E-state index in [1.165, 1.54) is 0 Å².